The Morgan fingerprint density at radius 3 is 3.00 bits per heavy atom. The van der Waals surface area contributed by atoms with Crippen LogP contribution in [-0.2, 0) is 13.0 Å². The first-order chi connectivity index (χ1) is 8.56. The predicted octanol–water partition coefficient (Wildman–Crippen LogP) is 0.780. The second-order valence-electron chi connectivity index (χ2n) is 5.16. The van der Waals surface area contributed by atoms with Crippen molar-refractivity contribution in [2.45, 2.75) is 33.2 Å². The third-order valence-electron chi connectivity index (χ3n) is 3.18. The van der Waals surface area contributed by atoms with Gasteiger partial charge in [-0.15, -0.1) is 0 Å². The van der Waals surface area contributed by atoms with Crippen molar-refractivity contribution in [1.82, 2.24) is 14.9 Å². The van der Waals surface area contributed by atoms with Crippen LogP contribution in [0.1, 0.15) is 42.1 Å². The first kappa shape index (κ1) is 13.0. The third kappa shape index (κ3) is 3.04. The summed E-state index contributed by atoms with van der Waals surface area (Å²) in [6.45, 7) is 7.28. The van der Waals surface area contributed by atoms with Crippen molar-refractivity contribution in [1.29, 1.82) is 0 Å². The van der Waals surface area contributed by atoms with Gasteiger partial charge in [-0.25, -0.2) is 9.97 Å². The predicted molar refractivity (Wildman–Crippen MR) is 67.8 cm³/mol. The number of nitrogens with two attached hydrogens (primary N) is 1. The Balaban J connectivity index is 2.07. The van der Waals surface area contributed by atoms with Crippen LogP contribution in [0.15, 0.2) is 0 Å². The van der Waals surface area contributed by atoms with Gasteiger partial charge in [-0.2, -0.15) is 0 Å². The van der Waals surface area contributed by atoms with Gasteiger partial charge in [-0.1, -0.05) is 13.8 Å². The van der Waals surface area contributed by atoms with E-state index in [1.165, 1.54) is 6.42 Å². The van der Waals surface area contributed by atoms with E-state index in [9.17, 15) is 4.79 Å². The van der Waals surface area contributed by atoms with Crippen molar-refractivity contribution in [3.05, 3.63) is 23.3 Å². The summed E-state index contributed by atoms with van der Waals surface area (Å²) in [5.41, 5.74) is 7.09. The lowest BCUT2D eigenvalue weighted by atomic mass is 10.1. The third-order valence-corrected chi connectivity index (χ3v) is 3.18. The van der Waals surface area contributed by atoms with Crippen LogP contribution in [0.4, 0.5) is 0 Å². The Bertz CT molecular complexity index is 445. The number of fused-ring (bicyclic) bond motifs is 1. The maximum absolute atomic E-state index is 11.0. The number of aromatic nitrogens is 2. The van der Waals surface area contributed by atoms with Gasteiger partial charge in [-0.3, -0.25) is 9.69 Å². The van der Waals surface area contributed by atoms with Crippen LogP contribution in [0.25, 0.3) is 0 Å². The van der Waals surface area contributed by atoms with Gasteiger partial charge in [0.1, 0.15) is 0 Å². The van der Waals surface area contributed by atoms with Gasteiger partial charge < -0.3 is 5.73 Å². The van der Waals surface area contributed by atoms with E-state index in [0.29, 0.717) is 5.92 Å². The average molecular weight is 247 g/mol. The van der Waals surface area contributed by atoms with Gasteiger partial charge in [0.05, 0.1) is 11.9 Å². The molecule has 1 amide bonds. The molecule has 1 radical (unpaired) electrons. The van der Waals surface area contributed by atoms with E-state index >= 15 is 0 Å². The molecule has 2 N–H and O–H groups in total. The van der Waals surface area contributed by atoms with Crippen LogP contribution in [0.3, 0.4) is 0 Å². The minimum Gasteiger partial charge on any atom is -0.363 e. The Kier molecular flexibility index (Phi) is 3.91. The zero-order valence-corrected chi connectivity index (χ0v) is 10.9. The molecule has 0 atom stereocenters. The van der Waals surface area contributed by atoms with Gasteiger partial charge in [0.15, 0.2) is 0 Å². The fourth-order valence-electron chi connectivity index (χ4n) is 2.04. The molecule has 1 aliphatic heterocycles. The topological polar surface area (TPSA) is 72.1 Å². The minimum atomic E-state index is -0.589. The van der Waals surface area contributed by atoms with Crippen molar-refractivity contribution in [2.24, 2.45) is 11.7 Å². The molecule has 0 aromatic carbocycles. The second-order valence-corrected chi connectivity index (χ2v) is 5.16. The Labute approximate surface area is 107 Å². The highest BCUT2D eigenvalue weighted by Crippen LogP contribution is 2.16. The van der Waals surface area contributed by atoms with E-state index in [4.69, 9.17) is 5.73 Å². The fourth-order valence-corrected chi connectivity index (χ4v) is 2.04. The molecule has 97 valence electrons. The summed E-state index contributed by atoms with van der Waals surface area (Å²) in [5, 5.41) is 0. The van der Waals surface area contributed by atoms with Crippen LogP contribution in [0, 0.1) is 12.1 Å². The molecule has 5 heteroatoms. The zero-order chi connectivity index (χ0) is 13.1. The summed E-state index contributed by atoms with van der Waals surface area (Å²) in [7, 11) is 0. The molecule has 0 saturated heterocycles. The number of carbonyl (C=O) groups is 1. The lowest BCUT2D eigenvalue weighted by Crippen LogP contribution is -2.33. The molecule has 2 rings (SSSR count). The van der Waals surface area contributed by atoms with Crippen molar-refractivity contribution >= 4 is 5.91 Å². The molecule has 1 aromatic heterocycles. The molecule has 0 spiro atoms. The summed E-state index contributed by atoms with van der Waals surface area (Å²) in [6, 6.07) is 0. The fraction of sp³-hybridized carbons (Fsp3) is 0.615. The van der Waals surface area contributed by atoms with Gasteiger partial charge in [-0.05, 0) is 25.3 Å². The standard InChI is InChI=1S/C13H19N4O/c1-9(2)3-5-17-6-4-10-7-15-13(12(14)18)16-11(10)8-17/h9H,3-6,8H2,1-2H3,(H2,14,18). The smallest absolute Gasteiger partial charge is 0.286 e. The largest absolute Gasteiger partial charge is 0.363 e. The summed E-state index contributed by atoms with van der Waals surface area (Å²) in [4.78, 5) is 21.5. The monoisotopic (exact) mass is 247 g/mol. The molecule has 2 heterocycles. The van der Waals surface area contributed by atoms with E-state index in [1.807, 2.05) is 0 Å². The van der Waals surface area contributed by atoms with Gasteiger partial charge in [0, 0.05) is 18.7 Å². The lowest BCUT2D eigenvalue weighted by Gasteiger charge is -2.28. The number of carbonyl (C=O) groups excluding carboxylic acids is 1. The molecule has 18 heavy (non-hydrogen) atoms. The quantitative estimate of drug-likeness (QED) is 0.853. The molecular weight excluding hydrogens is 228 g/mol. The summed E-state index contributed by atoms with van der Waals surface area (Å²) < 4.78 is 0. The van der Waals surface area contributed by atoms with Crippen LogP contribution >= 0.6 is 0 Å². The van der Waals surface area contributed by atoms with E-state index < -0.39 is 5.91 Å². The first-order valence-corrected chi connectivity index (χ1v) is 6.36. The Hall–Kier alpha value is -1.49. The SMILES string of the molecule is CC(C)CCN1CCc2[c]nc(C(N)=O)nc2C1. The molecule has 1 aromatic rings. The number of hydrogen-bond acceptors (Lipinski definition) is 4. The van der Waals surface area contributed by atoms with Crippen LogP contribution < -0.4 is 5.73 Å². The molecule has 0 saturated carbocycles. The molecule has 0 unspecified atom stereocenters. The van der Waals surface area contributed by atoms with Crippen LogP contribution in [0.5, 0.6) is 0 Å². The highest BCUT2D eigenvalue weighted by Gasteiger charge is 2.19. The summed E-state index contributed by atoms with van der Waals surface area (Å²) >= 11 is 0. The Morgan fingerprint density at radius 2 is 2.33 bits per heavy atom. The highest BCUT2D eigenvalue weighted by molar-refractivity contribution is 5.88. The Morgan fingerprint density at radius 1 is 1.56 bits per heavy atom. The number of nitrogens with zero attached hydrogens (tertiary/aromatic N) is 3. The number of hydrogen-bond donors (Lipinski definition) is 1. The minimum absolute atomic E-state index is 0.0689. The van der Waals surface area contributed by atoms with E-state index in [1.54, 1.807) is 0 Å². The lowest BCUT2D eigenvalue weighted by molar-refractivity contribution is 0.0989. The van der Waals surface area contributed by atoms with Gasteiger partial charge >= 0.3 is 0 Å². The number of primary amides is 1. The summed E-state index contributed by atoms with van der Waals surface area (Å²) in [5.74, 6) is 0.178. The summed E-state index contributed by atoms with van der Waals surface area (Å²) in [6.07, 6.45) is 4.95. The highest BCUT2D eigenvalue weighted by atomic mass is 16.1. The van der Waals surface area contributed by atoms with Crippen LogP contribution in [-0.4, -0.2) is 33.9 Å². The van der Waals surface area contributed by atoms with Crippen LogP contribution in [0.2, 0.25) is 0 Å². The maximum atomic E-state index is 11.0. The van der Waals surface area contributed by atoms with E-state index in [2.05, 4.69) is 34.9 Å². The van der Waals surface area contributed by atoms with Crippen molar-refractivity contribution in [3.63, 3.8) is 0 Å². The molecule has 0 aliphatic carbocycles. The first-order valence-electron chi connectivity index (χ1n) is 6.36. The average Bonchev–Trinajstić information content (AvgIpc) is 2.35. The van der Waals surface area contributed by atoms with Crippen molar-refractivity contribution in [2.75, 3.05) is 13.1 Å². The van der Waals surface area contributed by atoms with Crippen molar-refractivity contribution < 1.29 is 4.79 Å². The zero-order valence-electron chi connectivity index (χ0n) is 10.9. The van der Waals surface area contributed by atoms with E-state index in [0.717, 1.165) is 37.3 Å². The number of rotatable bonds is 4. The molecular formula is C13H19N4O. The second kappa shape index (κ2) is 5.44. The normalized spacial score (nSPS) is 15.7. The molecule has 1 aliphatic rings. The number of amides is 1. The van der Waals surface area contributed by atoms with Gasteiger partial charge in [0.25, 0.3) is 5.91 Å². The molecule has 0 bridgehead atoms. The van der Waals surface area contributed by atoms with E-state index in [-0.39, 0.29) is 5.82 Å². The van der Waals surface area contributed by atoms with Crippen molar-refractivity contribution in [3.8, 4) is 0 Å². The van der Waals surface area contributed by atoms with Gasteiger partial charge in [0.2, 0.25) is 5.82 Å². The molecule has 5 nitrogen and oxygen atoms in total. The maximum Gasteiger partial charge on any atom is 0.286 e. The molecule has 0 fully saturated rings.